The normalized spacial score (nSPS) is 11.6. The Morgan fingerprint density at radius 1 is 1.35 bits per heavy atom. The summed E-state index contributed by atoms with van der Waals surface area (Å²) in [4.78, 5) is 0. The van der Waals surface area contributed by atoms with Crippen molar-refractivity contribution in [3.8, 4) is 0 Å². The highest BCUT2D eigenvalue weighted by atomic mass is 35.5. The van der Waals surface area contributed by atoms with Crippen LogP contribution in [-0.2, 0) is 15.9 Å². The van der Waals surface area contributed by atoms with Gasteiger partial charge in [0.05, 0.1) is 17.8 Å². The number of nitrogens with zero attached hydrogens (tertiary/aromatic N) is 2. The van der Waals surface area contributed by atoms with Gasteiger partial charge in [-0.05, 0) is 25.5 Å². The molecular weight excluding hydrogens is 298 g/mol. The lowest BCUT2D eigenvalue weighted by Crippen LogP contribution is -2.32. The third kappa shape index (κ3) is 2.53. The third-order valence-corrected chi connectivity index (χ3v) is 5.23. The molecular formula is C13H16ClN3O2S. The number of para-hydroxylation sites is 1. The lowest BCUT2D eigenvalue weighted by Gasteiger charge is -2.24. The van der Waals surface area contributed by atoms with Gasteiger partial charge in [0.25, 0.3) is 10.0 Å². The van der Waals surface area contributed by atoms with Crippen LogP contribution in [0.25, 0.3) is 0 Å². The molecule has 0 aliphatic carbocycles. The smallest absolute Gasteiger partial charge is 0.266 e. The topological polar surface area (TPSA) is 66.1 Å². The Labute approximate surface area is 123 Å². The van der Waals surface area contributed by atoms with Crippen molar-refractivity contribution >= 4 is 27.3 Å². The molecule has 0 aliphatic rings. The Morgan fingerprint density at radius 2 is 2.05 bits per heavy atom. The fourth-order valence-electron chi connectivity index (χ4n) is 2.04. The van der Waals surface area contributed by atoms with Crippen LogP contribution in [0.1, 0.15) is 18.1 Å². The monoisotopic (exact) mass is 313 g/mol. The first-order valence-corrected chi connectivity index (χ1v) is 8.16. The van der Waals surface area contributed by atoms with Crippen molar-refractivity contribution in [2.45, 2.75) is 24.8 Å². The Hall–Kier alpha value is -1.53. The average molecular weight is 314 g/mol. The summed E-state index contributed by atoms with van der Waals surface area (Å²) in [7, 11) is -3.70. The Bertz CT molecular complexity index is 697. The van der Waals surface area contributed by atoms with Crippen molar-refractivity contribution in [3.63, 3.8) is 0 Å². The van der Waals surface area contributed by atoms with Crippen LogP contribution < -0.4 is 4.31 Å². The number of halogens is 1. The molecule has 1 heterocycles. The highest BCUT2D eigenvalue weighted by Gasteiger charge is 2.28. The fraction of sp³-hybridized carbons (Fsp3) is 0.308. The predicted octanol–water partition coefficient (Wildman–Crippen LogP) is 2.67. The molecule has 0 spiro atoms. The number of rotatable bonds is 5. The van der Waals surface area contributed by atoms with Gasteiger partial charge in [0.1, 0.15) is 0 Å². The number of aromatic amines is 1. The van der Waals surface area contributed by atoms with Gasteiger partial charge in [-0.2, -0.15) is 13.5 Å². The number of anilines is 1. The van der Waals surface area contributed by atoms with E-state index in [1.54, 1.807) is 13.0 Å². The van der Waals surface area contributed by atoms with E-state index in [9.17, 15) is 8.42 Å². The second kappa shape index (κ2) is 5.85. The zero-order valence-electron chi connectivity index (χ0n) is 11.3. The maximum absolute atomic E-state index is 12.8. The van der Waals surface area contributed by atoms with E-state index in [2.05, 4.69) is 10.2 Å². The second-order valence-electron chi connectivity index (χ2n) is 4.31. The van der Waals surface area contributed by atoms with E-state index >= 15 is 0 Å². The SMILES string of the molecule is CCN(c1ccccc1C)S(=O)(=O)c1[nH]ncc1CCl. The fourth-order valence-corrected chi connectivity index (χ4v) is 3.97. The molecule has 1 aromatic carbocycles. The number of benzene rings is 1. The van der Waals surface area contributed by atoms with E-state index in [1.165, 1.54) is 10.5 Å². The van der Waals surface area contributed by atoms with Gasteiger partial charge in [-0.25, -0.2) is 0 Å². The summed E-state index contributed by atoms with van der Waals surface area (Å²) < 4.78 is 26.9. The van der Waals surface area contributed by atoms with Crippen molar-refractivity contribution in [2.75, 3.05) is 10.8 Å². The van der Waals surface area contributed by atoms with Crippen molar-refractivity contribution < 1.29 is 8.42 Å². The Balaban J connectivity index is 2.54. The molecule has 5 nitrogen and oxygen atoms in total. The number of H-pyrrole nitrogens is 1. The standard InChI is InChI=1S/C13H16ClN3O2S/c1-3-17(12-7-5-4-6-10(12)2)20(18,19)13-11(8-14)9-15-16-13/h4-7,9H,3,8H2,1-2H3,(H,15,16). The van der Waals surface area contributed by atoms with Crippen molar-refractivity contribution in [1.29, 1.82) is 0 Å². The summed E-state index contributed by atoms with van der Waals surface area (Å²) in [6.07, 6.45) is 1.44. The molecule has 0 fully saturated rings. The van der Waals surface area contributed by atoms with Crippen molar-refractivity contribution in [1.82, 2.24) is 10.2 Å². The van der Waals surface area contributed by atoms with E-state index in [4.69, 9.17) is 11.6 Å². The van der Waals surface area contributed by atoms with Crippen LogP contribution in [0.15, 0.2) is 35.5 Å². The predicted molar refractivity (Wildman–Crippen MR) is 79.5 cm³/mol. The maximum atomic E-state index is 12.8. The number of nitrogens with one attached hydrogen (secondary N) is 1. The summed E-state index contributed by atoms with van der Waals surface area (Å²) in [6.45, 7) is 4.00. The summed E-state index contributed by atoms with van der Waals surface area (Å²) >= 11 is 5.76. The zero-order chi connectivity index (χ0) is 14.8. The van der Waals surface area contributed by atoms with Crippen molar-refractivity contribution in [2.24, 2.45) is 0 Å². The number of hydrogen-bond donors (Lipinski definition) is 1. The van der Waals surface area contributed by atoms with Gasteiger partial charge in [0.15, 0.2) is 5.03 Å². The van der Waals surface area contributed by atoms with Gasteiger partial charge < -0.3 is 0 Å². The van der Waals surface area contributed by atoms with Crippen LogP contribution in [0.4, 0.5) is 5.69 Å². The molecule has 0 radical (unpaired) electrons. The van der Waals surface area contributed by atoms with Crippen LogP contribution in [0.2, 0.25) is 0 Å². The van der Waals surface area contributed by atoms with Crippen LogP contribution in [0.3, 0.4) is 0 Å². The highest BCUT2D eigenvalue weighted by Crippen LogP contribution is 2.27. The largest absolute Gasteiger partial charge is 0.281 e. The zero-order valence-corrected chi connectivity index (χ0v) is 12.9. The quantitative estimate of drug-likeness (QED) is 0.863. The third-order valence-electron chi connectivity index (χ3n) is 3.04. The van der Waals surface area contributed by atoms with Gasteiger partial charge in [-0.1, -0.05) is 18.2 Å². The van der Waals surface area contributed by atoms with E-state index in [1.807, 2.05) is 25.1 Å². The minimum Gasteiger partial charge on any atom is -0.266 e. The van der Waals surface area contributed by atoms with E-state index < -0.39 is 10.0 Å². The van der Waals surface area contributed by atoms with Gasteiger partial charge in [0.2, 0.25) is 0 Å². The second-order valence-corrected chi connectivity index (χ2v) is 6.38. The lowest BCUT2D eigenvalue weighted by molar-refractivity contribution is 0.586. The first-order valence-electron chi connectivity index (χ1n) is 6.19. The molecule has 2 rings (SSSR count). The Kier molecular flexibility index (Phi) is 4.35. The van der Waals surface area contributed by atoms with E-state index in [0.29, 0.717) is 17.8 Å². The molecule has 0 unspecified atom stereocenters. The number of hydrogen-bond acceptors (Lipinski definition) is 3. The molecule has 1 aromatic heterocycles. The van der Waals surface area contributed by atoms with Crippen LogP contribution in [0.5, 0.6) is 0 Å². The molecule has 0 amide bonds. The summed E-state index contributed by atoms with van der Waals surface area (Å²) in [6, 6.07) is 7.35. The first kappa shape index (κ1) is 14.9. The molecule has 2 aromatic rings. The number of aromatic nitrogens is 2. The molecule has 0 saturated carbocycles. The number of aryl methyl sites for hydroxylation is 1. The van der Waals surface area contributed by atoms with Crippen molar-refractivity contribution in [3.05, 3.63) is 41.6 Å². The molecule has 0 aliphatic heterocycles. The van der Waals surface area contributed by atoms with Crippen LogP contribution in [0, 0.1) is 6.92 Å². The van der Waals surface area contributed by atoms with Crippen LogP contribution >= 0.6 is 11.6 Å². The molecule has 0 saturated heterocycles. The molecule has 1 N–H and O–H groups in total. The molecule has 0 atom stereocenters. The first-order chi connectivity index (χ1) is 9.52. The van der Waals surface area contributed by atoms with Gasteiger partial charge >= 0.3 is 0 Å². The Morgan fingerprint density at radius 3 is 2.65 bits per heavy atom. The number of alkyl halides is 1. The van der Waals surface area contributed by atoms with Crippen LogP contribution in [-0.4, -0.2) is 25.2 Å². The molecule has 0 bridgehead atoms. The average Bonchev–Trinajstić information content (AvgIpc) is 2.90. The summed E-state index contributed by atoms with van der Waals surface area (Å²) in [5.74, 6) is 0.0936. The van der Waals surface area contributed by atoms with Gasteiger partial charge in [0, 0.05) is 12.1 Å². The summed E-state index contributed by atoms with van der Waals surface area (Å²) in [5, 5.41) is 6.37. The minimum atomic E-state index is -3.70. The van der Waals surface area contributed by atoms with Gasteiger partial charge in [-0.15, -0.1) is 11.6 Å². The number of sulfonamides is 1. The molecule has 7 heteroatoms. The molecule has 108 valence electrons. The minimum absolute atomic E-state index is 0.0533. The lowest BCUT2D eigenvalue weighted by atomic mass is 10.2. The van der Waals surface area contributed by atoms with Gasteiger partial charge in [-0.3, -0.25) is 9.40 Å². The summed E-state index contributed by atoms with van der Waals surface area (Å²) in [5.41, 5.74) is 2.02. The van der Waals surface area contributed by atoms with E-state index in [0.717, 1.165) is 5.56 Å². The van der Waals surface area contributed by atoms with E-state index in [-0.39, 0.29) is 10.9 Å². The highest BCUT2D eigenvalue weighted by molar-refractivity contribution is 7.92. The molecule has 20 heavy (non-hydrogen) atoms. The maximum Gasteiger partial charge on any atom is 0.281 e.